The van der Waals surface area contributed by atoms with Gasteiger partial charge in [-0.05, 0) is 44.4 Å². The van der Waals surface area contributed by atoms with Crippen LogP contribution < -0.4 is 5.32 Å². The van der Waals surface area contributed by atoms with E-state index in [1.807, 2.05) is 36.7 Å². The summed E-state index contributed by atoms with van der Waals surface area (Å²) in [6.07, 6.45) is 3.35. The molecule has 0 aliphatic carbocycles. The van der Waals surface area contributed by atoms with E-state index in [2.05, 4.69) is 15.4 Å². The van der Waals surface area contributed by atoms with Gasteiger partial charge in [0, 0.05) is 25.0 Å². The smallest absolute Gasteiger partial charge is 0.225 e. The lowest BCUT2D eigenvalue weighted by molar-refractivity contribution is -0.124. The molecular formula is C17H22N4O2. The third-order valence-corrected chi connectivity index (χ3v) is 4.28. The van der Waals surface area contributed by atoms with Gasteiger partial charge in [0.2, 0.25) is 5.91 Å². The van der Waals surface area contributed by atoms with Crippen LogP contribution in [-0.2, 0) is 16.0 Å². The van der Waals surface area contributed by atoms with Crippen molar-refractivity contribution in [3.8, 4) is 5.82 Å². The second-order valence-corrected chi connectivity index (χ2v) is 5.85. The zero-order valence-corrected chi connectivity index (χ0v) is 13.6. The van der Waals surface area contributed by atoms with Gasteiger partial charge >= 0.3 is 0 Å². The van der Waals surface area contributed by atoms with Gasteiger partial charge in [0.25, 0.3) is 0 Å². The molecule has 2 aromatic heterocycles. The van der Waals surface area contributed by atoms with Gasteiger partial charge in [-0.15, -0.1) is 0 Å². The molecule has 0 saturated carbocycles. The number of amides is 1. The van der Waals surface area contributed by atoms with Crippen LogP contribution in [0.15, 0.2) is 24.4 Å². The molecule has 122 valence electrons. The fourth-order valence-electron chi connectivity index (χ4n) is 2.94. The molecule has 0 spiro atoms. The zero-order valence-electron chi connectivity index (χ0n) is 13.6. The maximum Gasteiger partial charge on any atom is 0.225 e. The number of nitrogens with one attached hydrogen (secondary N) is 1. The predicted molar refractivity (Wildman–Crippen MR) is 86.5 cm³/mol. The van der Waals surface area contributed by atoms with Crippen molar-refractivity contribution in [2.75, 3.05) is 19.8 Å². The molecule has 1 fully saturated rings. The van der Waals surface area contributed by atoms with Gasteiger partial charge in [0.05, 0.1) is 18.2 Å². The minimum Gasteiger partial charge on any atom is -0.381 e. The first-order valence-electron chi connectivity index (χ1n) is 7.99. The number of pyridine rings is 1. The van der Waals surface area contributed by atoms with Crippen molar-refractivity contribution in [1.82, 2.24) is 20.1 Å². The Labute approximate surface area is 135 Å². The number of ether oxygens (including phenoxy) is 1. The van der Waals surface area contributed by atoms with Gasteiger partial charge in [0.15, 0.2) is 5.82 Å². The zero-order chi connectivity index (χ0) is 16.2. The third kappa shape index (κ3) is 3.42. The van der Waals surface area contributed by atoms with Crippen molar-refractivity contribution >= 4 is 5.91 Å². The fraction of sp³-hybridized carbons (Fsp3) is 0.471. The summed E-state index contributed by atoms with van der Waals surface area (Å²) in [7, 11) is 0. The van der Waals surface area contributed by atoms with Gasteiger partial charge < -0.3 is 10.1 Å². The molecule has 1 atom stereocenters. The molecule has 3 heterocycles. The number of carbonyl (C=O) groups excluding carboxylic acids is 1. The number of hydrogen-bond donors (Lipinski definition) is 1. The number of rotatable bonds is 5. The van der Waals surface area contributed by atoms with Crippen molar-refractivity contribution in [1.29, 1.82) is 0 Å². The van der Waals surface area contributed by atoms with Gasteiger partial charge in [-0.2, -0.15) is 5.10 Å². The summed E-state index contributed by atoms with van der Waals surface area (Å²) in [5, 5.41) is 7.58. The normalized spacial score (nSPS) is 17.4. The van der Waals surface area contributed by atoms with E-state index in [9.17, 15) is 4.79 Å². The maximum atomic E-state index is 12.0. The number of nitrogens with zero attached hydrogens (tertiary/aromatic N) is 3. The van der Waals surface area contributed by atoms with Crippen LogP contribution in [0, 0.1) is 19.8 Å². The Morgan fingerprint density at radius 1 is 1.43 bits per heavy atom. The molecule has 2 aromatic rings. The predicted octanol–water partition coefficient (Wildman–Crippen LogP) is 1.58. The first-order chi connectivity index (χ1) is 11.2. The van der Waals surface area contributed by atoms with Crippen LogP contribution in [0.1, 0.15) is 23.4 Å². The molecule has 6 heteroatoms. The van der Waals surface area contributed by atoms with Crippen LogP contribution in [0.3, 0.4) is 0 Å². The first-order valence-corrected chi connectivity index (χ1v) is 7.99. The topological polar surface area (TPSA) is 69.0 Å². The molecule has 23 heavy (non-hydrogen) atoms. The monoisotopic (exact) mass is 314 g/mol. The van der Waals surface area contributed by atoms with E-state index in [-0.39, 0.29) is 11.8 Å². The van der Waals surface area contributed by atoms with E-state index in [1.54, 1.807) is 6.20 Å². The highest BCUT2D eigenvalue weighted by Gasteiger charge is 2.23. The maximum absolute atomic E-state index is 12.0. The molecule has 0 unspecified atom stereocenters. The molecular weight excluding hydrogens is 292 g/mol. The van der Waals surface area contributed by atoms with E-state index < -0.39 is 0 Å². The Morgan fingerprint density at radius 2 is 2.30 bits per heavy atom. The van der Waals surface area contributed by atoms with Crippen molar-refractivity contribution in [2.24, 2.45) is 5.92 Å². The molecule has 1 aliphatic rings. The first kappa shape index (κ1) is 15.7. The quantitative estimate of drug-likeness (QED) is 0.910. The lowest BCUT2D eigenvalue weighted by Crippen LogP contribution is -2.32. The summed E-state index contributed by atoms with van der Waals surface area (Å²) in [6, 6.07) is 5.77. The molecule has 0 bridgehead atoms. The van der Waals surface area contributed by atoms with E-state index in [4.69, 9.17) is 4.74 Å². The molecule has 0 radical (unpaired) electrons. The molecule has 1 saturated heterocycles. The van der Waals surface area contributed by atoms with Crippen LogP contribution in [-0.4, -0.2) is 40.4 Å². The van der Waals surface area contributed by atoms with Gasteiger partial charge in [-0.25, -0.2) is 9.67 Å². The summed E-state index contributed by atoms with van der Waals surface area (Å²) in [5.74, 6) is 0.912. The molecule has 1 amide bonds. The Hall–Kier alpha value is -2.21. The molecule has 6 nitrogen and oxygen atoms in total. The fourth-order valence-corrected chi connectivity index (χ4v) is 2.94. The molecule has 0 aromatic carbocycles. The molecule has 1 aliphatic heterocycles. The van der Waals surface area contributed by atoms with Crippen LogP contribution >= 0.6 is 0 Å². The lowest BCUT2D eigenvalue weighted by Gasteiger charge is -2.09. The van der Waals surface area contributed by atoms with Crippen molar-refractivity contribution in [2.45, 2.75) is 26.7 Å². The van der Waals surface area contributed by atoms with Crippen LogP contribution in [0.4, 0.5) is 0 Å². The average molecular weight is 314 g/mol. The Bertz CT molecular complexity index is 675. The van der Waals surface area contributed by atoms with Gasteiger partial charge in [-0.1, -0.05) is 6.07 Å². The van der Waals surface area contributed by atoms with Crippen molar-refractivity contribution in [3.63, 3.8) is 0 Å². The van der Waals surface area contributed by atoms with E-state index >= 15 is 0 Å². The van der Waals surface area contributed by atoms with Crippen molar-refractivity contribution in [3.05, 3.63) is 41.3 Å². The van der Waals surface area contributed by atoms with E-state index in [1.165, 1.54) is 5.56 Å². The van der Waals surface area contributed by atoms with E-state index in [0.717, 1.165) is 30.0 Å². The standard InChI is InChI=1S/C17H22N4O2/c1-12-15(6-9-19-17(22)14-7-10-23-11-14)13(2)21(20-12)16-5-3-4-8-18-16/h3-5,8,14H,6-7,9-11H2,1-2H3,(H,19,22)/t14-/m0/s1. The lowest BCUT2D eigenvalue weighted by atomic mass is 10.1. The number of aromatic nitrogens is 3. The van der Waals surface area contributed by atoms with Crippen LogP contribution in [0.5, 0.6) is 0 Å². The highest BCUT2D eigenvalue weighted by Crippen LogP contribution is 2.17. The van der Waals surface area contributed by atoms with E-state index in [0.29, 0.717) is 19.8 Å². The number of carbonyl (C=O) groups is 1. The Balaban J connectivity index is 1.64. The minimum atomic E-state index is 0.00781. The largest absolute Gasteiger partial charge is 0.381 e. The van der Waals surface area contributed by atoms with Gasteiger partial charge in [0.1, 0.15) is 0 Å². The highest BCUT2D eigenvalue weighted by atomic mass is 16.5. The van der Waals surface area contributed by atoms with Crippen molar-refractivity contribution < 1.29 is 9.53 Å². The average Bonchev–Trinajstić information content (AvgIpc) is 3.19. The van der Waals surface area contributed by atoms with Crippen LogP contribution in [0.25, 0.3) is 5.82 Å². The summed E-state index contributed by atoms with van der Waals surface area (Å²) in [5.41, 5.74) is 3.21. The second-order valence-electron chi connectivity index (χ2n) is 5.85. The minimum absolute atomic E-state index is 0.00781. The van der Waals surface area contributed by atoms with Gasteiger partial charge in [-0.3, -0.25) is 4.79 Å². The Morgan fingerprint density at radius 3 is 3.00 bits per heavy atom. The summed E-state index contributed by atoms with van der Waals surface area (Å²) < 4.78 is 7.11. The van der Waals surface area contributed by atoms with Crippen LogP contribution in [0.2, 0.25) is 0 Å². The second kappa shape index (κ2) is 6.91. The molecule has 1 N–H and O–H groups in total. The third-order valence-electron chi connectivity index (χ3n) is 4.28. The summed E-state index contributed by atoms with van der Waals surface area (Å²) >= 11 is 0. The Kier molecular flexibility index (Phi) is 4.71. The highest BCUT2D eigenvalue weighted by molar-refractivity contribution is 5.78. The molecule has 3 rings (SSSR count). The number of aryl methyl sites for hydroxylation is 1. The SMILES string of the molecule is Cc1nn(-c2ccccn2)c(C)c1CCNC(=O)[C@H]1CCOC1. The summed E-state index contributed by atoms with van der Waals surface area (Å²) in [6.45, 7) is 5.88. The summed E-state index contributed by atoms with van der Waals surface area (Å²) in [4.78, 5) is 16.4. The number of hydrogen-bond acceptors (Lipinski definition) is 4.